The number of rotatable bonds is 4. The predicted octanol–water partition coefficient (Wildman–Crippen LogP) is 1.76. The molecule has 0 aromatic heterocycles. The summed E-state index contributed by atoms with van der Waals surface area (Å²) < 4.78 is 0. The third-order valence-electron chi connectivity index (χ3n) is 3.72. The van der Waals surface area contributed by atoms with Gasteiger partial charge in [0.1, 0.15) is 0 Å². The highest BCUT2D eigenvalue weighted by Gasteiger charge is 2.24. The largest absolute Gasteiger partial charge is 0.352 e. The van der Waals surface area contributed by atoms with E-state index in [1.165, 1.54) is 0 Å². The first-order valence-corrected chi connectivity index (χ1v) is 7.52. The molecule has 21 heavy (non-hydrogen) atoms. The van der Waals surface area contributed by atoms with Crippen molar-refractivity contribution in [1.82, 2.24) is 10.6 Å². The second kappa shape index (κ2) is 7.22. The molecule has 1 fully saturated rings. The fraction of sp³-hybridized carbons (Fsp3) is 0.500. The van der Waals surface area contributed by atoms with Gasteiger partial charge in [-0.3, -0.25) is 9.59 Å². The van der Waals surface area contributed by atoms with Crippen molar-refractivity contribution in [1.29, 1.82) is 0 Å². The van der Waals surface area contributed by atoms with Gasteiger partial charge in [0.25, 0.3) is 5.91 Å². The van der Waals surface area contributed by atoms with E-state index in [1.54, 1.807) is 18.2 Å². The number of piperidine rings is 1. The smallest absolute Gasteiger partial charge is 0.251 e. The molecule has 0 saturated carbocycles. The average Bonchev–Trinajstić information content (AvgIpc) is 2.48. The Hall–Kier alpha value is -1.88. The summed E-state index contributed by atoms with van der Waals surface area (Å²) in [6.07, 6.45) is 1.70. The van der Waals surface area contributed by atoms with Crippen LogP contribution in [0.3, 0.4) is 0 Å². The molecule has 0 aliphatic carbocycles. The Bertz CT molecular complexity index is 516. The third-order valence-corrected chi connectivity index (χ3v) is 3.72. The summed E-state index contributed by atoms with van der Waals surface area (Å²) >= 11 is 0. The molecule has 1 aromatic rings. The van der Waals surface area contributed by atoms with Crippen LogP contribution in [0.5, 0.6) is 0 Å². The van der Waals surface area contributed by atoms with Crippen LogP contribution in [0, 0.1) is 5.92 Å². The second-order valence-corrected chi connectivity index (χ2v) is 5.51. The molecule has 1 aliphatic heterocycles. The van der Waals surface area contributed by atoms with E-state index in [4.69, 9.17) is 0 Å². The first-order valence-electron chi connectivity index (χ1n) is 7.52. The standard InChI is InChI=1S/C16H23N3O2/c1-3-17-15(20)12-5-4-6-14(10-12)19-16(21)13-7-8-18-11(2)9-13/h4-6,10-11,13,18H,3,7-9H2,1-2H3,(H,17,20)(H,19,21). The van der Waals surface area contributed by atoms with Crippen molar-refractivity contribution in [3.05, 3.63) is 29.8 Å². The average molecular weight is 289 g/mol. The highest BCUT2D eigenvalue weighted by molar-refractivity contribution is 5.97. The van der Waals surface area contributed by atoms with E-state index in [9.17, 15) is 9.59 Å². The summed E-state index contributed by atoms with van der Waals surface area (Å²) in [5.41, 5.74) is 1.24. The predicted molar refractivity (Wildman–Crippen MR) is 83.3 cm³/mol. The topological polar surface area (TPSA) is 70.2 Å². The molecule has 3 N–H and O–H groups in total. The quantitative estimate of drug-likeness (QED) is 0.791. The molecule has 114 valence electrons. The number of carbonyl (C=O) groups is 2. The molecule has 1 aliphatic rings. The summed E-state index contributed by atoms with van der Waals surface area (Å²) in [7, 11) is 0. The molecule has 0 bridgehead atoms. The van der Waals surface area contributed by atoms with E-state index in [0.717, 1.165) is 19.4 Å². The van der Waals surface area contributed by atoms with Gasteiger partial charge in [0.05, 0.1) is 0 Å². The maximum Gasteiger partial charge on any atom is 0.251 e. The Kier molecular flexibility index (Phi) is 5.33. The number of hydrogen-bond acceptors (Lipinski definition) is 3. The van der Waals surface area contributed by atoms with Crippen LogP contribution >= 0.6 is 0 Å². The van der Waals surface area contributed by atoms with Crippen molar-refractivity contribution in [3.63, 3.8) is 0 Å². The Morgan fingerprint density at radius 1 is 1.38 bits per heavy atom. The fourth-order valence-electron chi connectivity index (χ4n) is 2.62. The number of amides is 2. The van der Waals surface area contributed by atoms with Gasteiger partial charge in [0.15, 0.2) is 0 Å². The van der Waals surface area contributed by atoms with E-state index in [2.05, 4.69) is 22.9 Å². The van der Waals surface area contributed by atoms with E-state index in [-0.39, 0.29) is 17.7 Å². The molecule has 1 saturated heterocycles. The molecule has 0 spiro atoms. The summed E-state index contributed by atoms with van der Waals surface area (Å²) in [6.45, 7) is 5.43. The maximum absolute atomic E-state index is 12.3. The fourth-order valence-corrected chi connectivity index (χ4v) is 2.62. The molecule has 0 radical (unpaired) electrons. The zero-order chi connectivity index (χ0) is 15.2. The van der Waals surface area contributed by atoms with Crippen LogP contribution in [-0.2, 0) is 4.79 Å². The number of anilines is 1. The van der Waals surface area contributed by atoms with Crippen LogP contribution in [0.2, 0.25) is 0 Å². The van der Waals surface area contributed by atoms with Gasteiger partial charge >= 0.3 is 0 Å². The van der Waals surface area contributed by atoms with Crippen molar-refractivity contribution < 1.29 is 9.59 Å². The molecule has 2 unspecified atom stereocenters. The Labute approximate surface area is 125 Å². The van der Waals surface area contributed by atoms with E-state index < -0.39 is 0 Å². The second-order valence-electron chi connectivity index (χ2n) is 5.51. The molecular weight excluding hydrogens is 266 g/mol. The van der Waals surface area contributed by atoms with Crippen LogP contribution in [0.15, 0.2) is 24.3 Å². The lowest BCUT2D eigenvalue weighted by Crippen LogP contribution is -2.40. The molecule has 5 nitrogen and oxygen atoms in total. The van der Waals surface area contributed by atoms with Gasteiger partial charge in [-0.2, -0.15) is 0 Å². The van der Waals surface area contributed by atoms with Gasteiger partial charge in [0, 0.05) is 29.8 Å². The molecule has 1 aromatic carbocycles. The summed E-state index contributed by atoms with van der Waals surface area (Å²) in [5.74, 6) is -0.0464. The van der Waals surface area contributed by atoms with Crippen LogP contribution in [0.1, 0.15) is 37.0 Å². The molecule has 2 atom stereocenters. The Morgan fingerprint density at radius 2 is 2.19 bits per heavy atom. The molecule has 2 amide bonds. The maximum atomic E-state index is 12.3. The highest BCUT2D eigenvalue weighted by atomic mass is 16.2. The third kappa shape index (κ3) is 4.29. The lowest BCUT2D eigenvalue weighted by Gasteiger charge is -2.27. The van der Waals surface area contributed by atoms with Gasteiger partial charge in [-0.1, -0.05) is 6.07 Å². The SMILES string of the molecule is CCNC(=O)c1cccc(NC(=O)C2CCNC(C)C2)c1. The monoisotopic (exact) mass is 289 g/mol. The zero-order valence-electron chi connectivity index (χ0n) is 12.6. The molecule has 5 heteroatoms. The number of hydrogen-bond donors (Lipinski definition) is 3. The first kappa shape index (κ1) is 15.5. The van der Waals surface area contributed by atoms with Crippen molar-refractivity contribution in [2.45, 2.75) is 32.7 Å². The normalized spacial score (nSPS) is 21.6. The van der Waals surface area contributed by atoms with Gasteiger partial charge < -0.3 is 16.0 Å². The van der Waals surface area contributed by atoms with Gasteiger partial charge in [-0.15, -0.1) is 0 Å². The molecular formula is C16H23N3O2. The van der Waals surface area contributed by atoms with Crippen LogP contribution in [0.25, 0.3) is 0 Å². The molecule has 1 heterocycles. The van der Waals surface area contributed by atoms with Crippen molar-refractivity contribution in [3.8, 4) is 0 Å². The number of benzene rings is 1. The van der Waals surface area contributed by atoms with Gasteiger partial charge in [0.2, 0.25) is 5.91 Å². The Balaban J connectivity index is 2.00. The summed E-state index contributed by atoms with van der Waals surface area (Å²) in [6, 6.07) is 7.42. The van der Waals surface area contributed by atoms with Crippen molar-refractivity contribution in [2.75, 3.05) is 18.4 Å². The first-order chi connectivity index (χ1) is 10.1. The van der Waals surface area contributed by atoms with E-state index in [1.807, 2.05) is 13.0 Å². The minimum absolute atomic E-state index is 0.0365. The van der Waals surface area contributed by atoms with E-state index in [0.29, 0.717) is 23.8 Å². The lowest BCUT2D eigenvalue weighted by atomic mass is 9.92. The van der Waals surface area contributed by atoms with E-state index >= 15 is 0 Å². The van der Waals surface area contributed by atoms with Crippen LogP contribution in [0.4, 0.5) is 5.69 Å². The van der Waals surface area contributed by atoms with Crippen molar-refractivity contribution >= 4 is 17.5 Å². The minimum Gasteiger partial charge on any atom is -0.352 e. The number of carbonyl (C=O) groups excluding carboxylic acids is 2. The zero-order valence-corrected chi connectivity index (χ0v) is 12.6. The lowest BCUT2D eigenvalue weighted by molar-refractivity contribution is -0.120. The van der Waals surface area contributed by atoms with Crippen molar-refractivity contribution in [2.24, 2.45) is 5.92 Å². The summed E-state index contributed by atoms with van der Waals surface area (Å²) in [4.78, 5) is 24.1. The minimum atomic E-state index is -0.121. The molecule has 2 rings (SSSR count). The Morgan fingerprint density at radius 3 is 2.90 bits per heavy atom. The van der Waals surface area contributed by atoms with Gasteiger partial charge in [-0.05, 0) is 51.4 Å². The summed E-state index contributed by atoms with van der Waals surface area (Å²) in [5, 5.41) is 9.01. The van der Waals surface area contributed by atoms with Gasteiger partial charge in [-0.25, -0.2) is 0 Å². The highest BCUT2D eigenvalue weighted by Crippen LogP contribution is 2.19. The van der Waals surface area contributed by atoms with Crippen LogP contribution in [-0.4, -0.2) is 30.9 Å². The van der Waals surface area contributed by atoms with Crippen LogP contribution < -0.4 is 16.0 Å². The number of nitrogens with one attached hydrogen (secondary N) is 3.